The molecule has 0 fully saturated rings. The van der Waals surface area contributed by atoms with Crippen LogP contribution in [0.25, 0.3) is 0 Å². The molecule has 0 amide bonds. The molecule has 0 aliphatic carbocycles. The van der Waals surface area contributed by atoms with Gasteiger partial charge in [0.2, 0.25) is 0 Å². The molecule has 0 bridgehead atoms. The van der Waals surface area contributed by atoms with Gasteiger partial charge in [-0.2, -0.15) is 5.10 Å². The van der Waals surface area contributed by atoms with Gasteiger partial charge in [-0.05, 0) is 37.8 Å². The van der Waals surface area contributed by atoms with E-state index in [2.05, 4.69) is 35.7 Å². The van der Waals surface area contributed by atoms with Gasteiger partial charge in [0, 0.05) is 18.5 Å². The summed E-state index contributed by atoms with van der Waals surface area (Å²) in [6.45, 7) is 7.16. The minimum absolute atomic E-state index is 0.886. The van der Waals surface area contributed by atoms with E-state index in [1.807, 2.05) is 18.7 Å². The molecular formula is C12H17N3S. The summed E-state index contributed by atoms with van der Waals surface area (Å²) in [5.41, 5.74) is 4.77. The number of aryl methyl sites for hydroxylation is 3. The number of nitrogens with zero attached hydrogens (tertiary/aromatic N) is 2. The van der Waals surface area contributed by atoms with Gasteiger partial charge in [0.1, 0.15) is 0 Å². The summed E-state index contributed by atoms with van der Waals surface area (Å²) in [7, 11) is 1.98. The second-order valence-corrected chi connectivity index (χ2v) is 5.05. The van der Waals surface area contributed by atoms with Crippen LogP contribution in [-0.2, 0) is 13.6 Å². The van der Waals surface area contributed by atoms with Crippen molar-refractivity contribution in [3.8, 4) is 0 Å². The molecule has 0 atom stereocenters. The molecule has 1 N–H and O–H groups in total. The average Bonchev–Trinajstić information content (AvgIpc) is 2.72. The van der Waals surface area contributed by atoms with Gasteiger partial charge in [-0.25, -0.2) is 0 Å². The van der Waals surface area contributed by atoms with Crippen molar-refractivity contribution in [2.24, 2.45) is 7.05 Å². The summed E-state index contributed by atoms with van der Waals surface area (Å²) in [6, 6.07) is 2.16. The molecule has 0 aromatic carbocycles. The van der Waals surface area contributed by atoms with Crippen molar-refractivity contribution in [2.75, 3.05) is 5.32 Å². The van der Waals surface area contributed by atoms with Crippen LogP contribution in [0.3, 0.4) is 0 Å². The minimum Gasteiger partial charge on any atom is -0.377 e. The number of hydrogen-bond acceptors (Lipinski definition) is 3. The topological polar surface area (TPSA) is 29.9 Å². The van der Waals surface area contributed by atoms with Crippen LogP contribution in [0.5, 0.6) is 0 Å². The van der Waals surface area contributed by atoms with E-state index < -0.39 is 0 Å². The Morgan fingerprint density at radius 3 is 2.62 bits per heavy atom. The van der Waals surface area contributed by atoms with E-state index >= 15 is 0 Å². The first-order valence-electron chi connectivity index (χ1n) is 5.36. The van der Waals surface area contributed by atoms with Crippen LogP contribution in [0, 0.1) is 20.8 Å². The van der Waals surface area contributed by atoms with Gasteiger partial charge in [-0.15, -0.1) is 11.3 Å². The van der Waals surface area contributed by atoms with Crippen LogP contribution in [0.4, 0.5) is 5.69 Å². The number of rotatable bonds is 3. The molecule has 86 valence electrons. The lowest BCUT2D eigenvalue weighted by molar-refractivity contribution is 0.731. The van der Waals surface area contributed by atoms with E-state index in [4.69, 9.17) is 0 Å². The Bertz CT molecular complexity index is 496. The third kappa shape index (κ3) is 1.97. The van der Waals surface area contributed by atoms with E-state index in [0.717, 1.165) is 17.9 Å². The first kappa shape index (κ1) is 11.2. The number of anilines is 1. The van der Waals surface area contributed by atoms with Crippen molar-refractivity contribution in [3.05, 3.63) is 33.3 Å². The Morgan fingerprint density at radius 2 is 2.12 bits per heavy atom. The Hall–Kier alpha value is -1.29. The number of hydrogen-bond donors (Lipinski definition) is 1. The Balaban J connectivity index is 2.13. The smallest absolute Gasteiger partial charge is 0.0827 e. The van der Waals surface area contributed by atoms with E-state index in [1.54, 1.807) is 11.3 Å². The fourth-order valence-electron chi connectivity index (χ4n) is 1.78. The van der Waals surface area contributed by atoms with Crippen LogP contribution in [0.15, 0.2) is 11.4 Å². The van der Waals surface area contributed by atoms with Crippen LogP contribution < -0.4 is 5.32 Å². The lowest BCUT2D eigenvalue weighted by Crippen LogP contribution is -2.01. The molecule has 0 unspecified atom stereocenters. The largest absolute Gasteiger partial charge is 0.377 e. The third-order valence-electron chi connectivity index (χ3n) is 2.90. The maximum absolute atomic E-state index is 4.39. The van der Waals surface area contributed by atoms with Crippen LogP contribution in [0.2, 0.25) is 0 Å². The van der Waals surface area contributed by atoms with Gasteiger partial charge in [-0.3, -0.25) is 4.68 Å². The zero-order valence-corrected chi connectivity index (χ0v) is 11.0. The fraction of sp³-hybridized carbons (Fsp3) is 0.417. The van der Waals surface area contributed by atoms with E-state index in [1.165, 1.54) is 16.1 Å². The van der Waals surface area contributed by atoms with Gasteiger partial charge in [0.05, 0.1) is 17.1 Å². The molecule has 2 aromatic rings. The molecule has 0 saturated heterocycles. The van der Waals surface area contributed by atoms with Crippen molar-refractivity contribution >= 4 is 17.0 Å². The third-order valence-corrected chi connectivity index (χ3v) is 3.93. The van der Waals surface area contributed by atoms with Crippen molar-refractivity contribution in [1.29, 1.82) is 0 Å². The molecule has 3 nitrogen and oxygen atoms in total. The molecular weight excluding hydrogens is 218 g/mol. The highest BCUT2D eigenvalue weighted by atomic mass is 32.1. The number of nitrogens with one attached hydrogen (secondary N) is 1. The highest BCUT2D eigenvalue weighted by molar-refractivity contribution is 7.10. The normalized spacial score (nSPS) is 10.8. The summed E-state index contributed by atoms with van der Waals surface area (Å²) >= 11 is 1.80. The highest BCUT2D eigenvalue weighted by Crippen LogP contribution is 2.22. The molecule has 0 aliphatic heterocycles. The lowest BCUT2D eigenvalue weighted by Gasteiger charge is -2.06. The zero-order chi connectivity index (χ0) is 11.7. The molecule has 0 spiro atoms. The summed E-state index contributed by atoms with van der Waals surface area (Å²) in [5.74, 6) is 0. The van der Waals surface area contributed by atoms with Crippen molar-refractivity contribution in [1.82, 2.24) is 9.78 Å². The molecule has 0 saturated carbocycles. The van der Waals surface area contributed by atoms with Crippen molar-refractivity contribution < 1.29 is 0 Å². The summed E-state index contributed by atoms with van der Waals surface area (Å²) in [5, 5.41) is 10.00. The van der Waals surface area contributed by atoms with E-state index in [0.29, 0.717) is 0 Å². The predicted molar refractivity (Wildman–Crippen MR) is 69.1 cm³/mol. The van der Waals surface area contributed by atoms with Gasteiger partial charge < -0.3 is 5.32 Å². The minimum atomic E-state index is 0.886. The maximum atomic E-state index is 4.39. The monoisotopic (exact) mass is 235 g/mol. The van der Waals surface area contributed by atoms with Gasteiger partial charge in [0.25, 0.3) is 0 Å². The van der Waals surface area contributed by atoms with Gasteiger partial charge in [-0.1, -0.05) is 0 Å². The number of thiophene rings is 1. The first-order valence-corrected chi connectivity index (χ1v) is 6.24. The van der Waals surface area contributed by atoms with Crippen molar-refractivity contribution in [2.45, 2.75) is 27.3 Å². The molecule has 0 aliphatic rings. The second kappa shape index (κ2) is 4.29. The average molecular weight is 235 g/mol. The Labute approximate surface area is 100 Å². The van der Waals surface area contributed by atoms with Crippen LogP contribution in [0.1, 0.15) is 21.8 Å². The molecule has 2 rings (SSSR count). The first-order chi connectivity index (χ1) is 7.59. The maximum Gasteiger partial charge on any atom is 0.0827 e. The molecule has 2 heterocycles. The predicted octanol–water partition coefficient (Wildman–Crippen LogP) is 3.02. The quantitative estimate of drug-likeness (QED) is 0.886. The SMILES string of the molecule is Cc1ccsc1CNc1c(C)nn(C)c1C. The van der Waals surface area contributed by atoms with Crippen LogP contribution in [-0.4, -0.2) is 9.78 Å². The number of aromatic nitrogens is 2. The van der Waals surface area contributed by atoms with Gasteiger partial charge in [0.15, 0.2) is 0 Å². The molecule has 0 radical (unpaired) electrons. The molecule has 4 heteroatoms. The van der Waals surface area contributed by atoms with E-state index in [-0.39, 0.29) is 0 Å². The standard InChI is InChI=1S/C12H17N3S/c1-8-5-6-16-11(8)7-13-12-9(2)14-15(4)10(12)3/h5-6,13H,7H2,1-4H3. The highest BCUT2D eigenvalue weighted by Gasteiger charge is 2.09. The Morgan fingerprint density at radius 1 is 1.38 bits per heavy atom. The Kier molecular flexibility index (Phi) is 3.01. The van der Waals surface area contributed by atoms with Crippen LogP contribution >= 0.6 is 11.3 Å². The summed E-state index contributed by atoms with van der Waals surface area (Å²) in [4.78, 5) is 1.39. The zero-order valence-electron chi connectivity index (χ0n) is 10.2. The van der Waals surface area contributed by atoms with E-state index in [9.17, 15) is 0 Å². The fourth-order valence-corrected chi connectivity index (χ4v) is 2.63. The second-order valence-electron chi connectivity index (χ2n) is 4.05. The summed E-state index contributed by atoms with van der Waals surface area (Å²) in [6.07, 6.45) is 0. The lowest BCUT2D eigenvalue weighted by atomic mass is 10.2. The molecule has 2 aromatic heterocycles. The summed E-state index contributed by atoms with van der Waals surface area (Å²) < 4.78 is 1.92. The molecule has 16 heavy (non-hydrogen) atoms. The van der Waals surface area contributed by atoms with Gasteiger partial charge >= 0.3 is 0 Å². The van der Waals surface area contributed by atoms with Crippen molar-refractivity contribution in [3.63, 3.8) is 0 Å².